The molecule has 1 saturated carbocycles. The van der Waals surface area contributed by atoms with Crippen molar-refractivity contribution in [3.63, 3.8) is 0 Å². The van der Waals surface area contributed by atoms with Gasteiger partial charge in [-0.3, -0.25) is 4.90 Å². The molecule has 2 rings (SSSR count). The number of halogens is 1. The van der Waals surface area contributed by atoms with Crippen LogP contribution >= 0.6 is 0 Å². The molecule has 0 spiro atoms. The lowest BCUT2D eigenvalue weighted by molar-refractivity contribution is 0.257. The molecule has 0 saturated heterocycles. The van der Waals surface area contributed by atoms with Crippen molar-refractivity contribution in [3.8, 4) is 5.75 Å². The molecule has 5 heteroatoms. The number of benzene rings is 1. The van der Waals surface area contributed by atoms with E-state index >= 15 is 0 Å². The highest BCUT2D eigenvalue weighted by molar-refractivity contribution is 5.68. The number of nitrogens with zero attached hydrogens (tertiary/aromatic N) is 1. The third-order valence-electron chi connectivity index (χ3n) is 3.97. The van der Waals surface area contributed by atoms with Crippen LogP contribution in [0.3, 0.4) is 0 Å². The maximum absolute atomic E-state index is 13.8. The fourth-order valence-corrected chi connectivity index (χ4v) is 2.29. The van der Waals surface area contributed by atoms with Crippen molar-refractivity contribution in [2.45, 2.75) is 45.2 Å². The van der Waals surface area contributed by atoms with Gasteiger partial charge in [0.2, 0.25) is 0 Å². The molecule has 1 aromatic carbocycles. The molecule has 1 aliphatic rings. The zero-order chi connectivity index (χ0) is 15.4. The maximum atomic E-state index is 13.8. The van der Waals surface area contributed by atoms with E-state index in [1.54, 1.807) is 6.07 Å². The van der Waals surface area contributed by atoms with Gasteiger partial charge in [-0.15, -0.1) is 0 Å². The number of hydrogen-bond acceptors (Lipinski definition) is 4. The van der Waals surface area contributed by atoms with E-state index in [2.05, 4.69) is 24.2 Å². The van der Waals surface area contributed by atoms with Gasteiger partial charge < -0.3 is 15.8 Å². The topological polar surface area (TPSA) is 50.5 Å². The van der Waals surface area contributed by atoms with Gasteiger partial charge in [0, 0.05) is 30.8 Å². The number of nitrogens with two attached hydrogens (primary N) is 1. The van der Waals surface area contributed by atoms with Crippen molar-refractivity contribution in [2.24, 2.45) is 0 Å². The second-order valence-electron chi connectivity index (χ2n) is 5.84. The van der Waals surface area contributed by atoms with Crippen LogP contribution in [0.2, 0.25) is 0 Å². The molecule has 0 amide bonds. The summed E-state index contributed by atoms with van der Waals surface area (Å²) in [6.45, 7) is 5.44. The molecule has 1 aliphatic carbocycles. The zero-order valence-corrected chi connectivity index (χ0v) is 13.2. The minimum Gasteiger partial charge on any atom is -0.490 e. The van der Waals surface area contributed by atoms with Crippen LogP contribution in [-0.2, 0) is 0 Å². The van der Waals surface area contributed by atoms with Crippen molar-refractivity contribution in [2.75, 3.05) is 31.2 Å². The van der Waals surface area contributed by atoms with E-state index in [0.29, 0.717) is 18.3 Å². The molecule has 4 nitrogen and oxygen atoms in total. The first kappa shape index (κ1) is 15.9. The Hall–Kier alpha value is -1.49. The summed E-state index contributed by atoms with van der Waals surface area (Å²) >= 11 is 0. The second kappa shape index (κ2) is 6.98. The molecule has 0 aliphatic heterocycles. The Kier molecular flexibility index (Phi) is 5.28. The van der Waals surface area contributed by atoms with Gasteiger partial charge in [0.25, 0.3) is 0 Å². The first-order chi connectivity index (χ1) is 10.0. The van der Waals surface area contributed by atoms with Crippen LogP contribution in [0.1, 0.15) is 33.1 Å². The number of hydrogen-bond donors (Lipinski definition) is 2. The summed E-state index contributed by atoms with van der Waals surface area (Å²) in [7, 11) is 2.15. The van der Waals surface area contributed by atoms with Gasteiger partial charge in [-0.05, 0) is 33.2 Å². The normalized spacial score (nSPS) is 16.0. The largest absolute Gasteiger partial charge is 0.490 e. The molecule has 0 radical (unpaired) electrons. The predicted molar refractivity (Wildman–Crippen MR) is 85.3 cm³/mol. The Morgan fingerprint density at radius 2 is 2.19 bits per heavy atom. The van der Waals surface area contributed by atoms with Gasteiger partial charge >= 0.3 is 0 Å². The average molecular weight is 295 g/mol. The lowest BCUT2D eigenvalue weighted by Gasteiger charge is -2.25. The van der Waals surface area contributed by atoms with Crippen molar-refractivity contribution >= 4 is 11.4 Å². The lowest BCUT2D eigenvalue weighted by atomic mass is 10.2. The zero-order valence-electron chi connectivity index (χ0n) is 13.2. The number of nitrogen functional groups attached to an aromatic ring is 1. The minimum atomic E-state index is -0.408. The summed E-state index contributed by atoms with van der Waals surface area (Å²) in [4.78, 5) is 2.38. The van der Waals surface area contributed by atoms with Gasteiger partial charge in [-0.1, -0.05) is 6.92 Å². The standard InChI is InChI=1S/C16H26FN3O/c1-4-7-21-16-9-15(14(18)8-13(16)17)19-10-11(2)20(3)12-5-6-12/h8-9,11-12,19H,4-7,10,18H2,1-3H3. The Morgan fingerprint density at radius 3 is 2.81 bits per heavy atom. The molecule has 1 atom stereocenters. The van der Waals surface area contributed by atoms with Crippen LogP contribution in [0.4, 0.5) is 15.8 Å². The fraction of sp³-hybridized carbons (Fsp3) is 0.625. The summed E-state index contributed by atoms with van der Waals surface area (Å²) in [6.07, 6.45) is 3.42. The van der Waals surface area contributed by atoms with E-state index in [1.165, 1.54) is 18.9 Å². The molecule has 3 N–H and O–H groups in total. The molecule has 1 aromatic rings. The monoisotopic (exact) mass is 295 g/mol. The van der Waals surface area contributed by atoms with Crippen LogP contribution in [0.25, 0.3) is 0 Å². The average Bonchev–Trinajstić information content (AvgIpc) is 3.28. The Bertz CT molecular complexity index is 477. The van der Waals surface area contributed by atoms with Gasteiger partial charge in [-0.2, -0.15) is 0 Å². The first-order valence-corrected chi connectivity index (χ1v) is 7.70. The van der Waals surface area contributed by atoms with E-state index in [-0.39, 0.29) is 5.75 Å². The van der Waals surface area contributed by atoms with Gasteiger partial charge in [0.05, 0.1) is 18.0 Å². The van der Waals surface area contributed by atoms with Gasteiger partial charge in [0.1, 0.15) is 0 Å². The molecule has 1 fully saturated rings. The predicted octanol–water partition coefficient (Wildman–Crippen LogP) is 3.09. The third-order valence-corrected chi connectivity index (χ3v) is 3.97. The lowest BCUT2D eigenvalue weighted by Crippen LogP contribution is -2.36. The van der Waals surface area contributed by atoms with Crippen LogP contribution in [-0.4, -0.2) is 37.2 Å². The second-order valence-corrected chi connectivity index (χ2v) is 5.84. The van der Waals surface area contributed by atoms with Crippen LogP contribution in [0.15, 0.2) is 12.1 Å². The van der Waals surface area contributed by atoms with Gasteiger partial charge in [-0.25, -0.2) is 4.39 Å². The van der Waals surface area contributed by atoms with E-state index in [4.69, 9.17) is 10.5 Å². The summed E-state index contributed by atoms with van der Waals surface area (Å²) in [5.41, 5.74) is 7.03. The van der Waals surface area contributed by atoms with Crippen LogP contribution in [0.5, 0.6) is 5.75 Å². The fourth-order valence-electron chi connectivity index (χ4n) is 2.29. The number of rotatable bonds is 8. The summed E-state index contributed by atoms with van der Waals surface area (Å²) in [5, 5.41) is 3.31. The van der Waals surface area contributed by atoms with E-state index in [1.807, 2.05) is 6.92 Å². The van der Waals surface area contributed by atoms with Crippen LogP contribution in [0, 0.1) is 5.82 Å². The van der Waals surface area contributed by atoms with E-state index < -0.39 is 5.82 Å². The molecule has 0 aromatic heterocycles. The Labute approximate surface area is 126 Å². The molecular formula is C16H26FN3O. The number of nitrogens with one attached hydrogen (secondary N) is 1. The van der Waals surface area contributed by atoms with E-state index in [0.717, 1.165) is 24.7 Å². The Balaban J connectivity index is 1.97. The summed E-state index contributed by atoms with van der Waals surface area (Å²) in [5.74, 6) is -0.147. The van der Waals surface area contributed by atoms with Crippen molar-refractivity contribution in [1.29, 1.82) is 0 Å². The molecule has 1 unspecified atom stereocenters. The molecular weight excluding hydrogens is 269 g/mol. The third kappa shape index (κ3) is 4.24. The number of likely N-dealkylation sites (N-methyl/N-ethyl adjacent to an activating group) is 1. The summed E-state index contributed by atoms with van der Waals surface area (Å²) in [6, 6.07) is 4.10. The Morgan fingerprint density at radius 1 is 1.48 bits per heavy atom. The molecule has 118 valence electrons. The van der Waals surface area contributed by atoms with E-state index in [9.17, 15) is 4.39 Å². The minimum absolute atomic E-state index is 0.261. The quantitative estimate of drug-likeness (QED) is 0.724. The van der Waals surface area contributed by atoms with Crippen LogP contribution < -0.4 is 15.8 Å². The number of anilines is 2. The maximum Gasteiger partial charge on any atom is 0.167 e. The molecule has 0 bridgehead atoms. The van der Waals surface area contributed by atoms with Crippen molar-refractivity contribution < 1.29 is 9.13 Å². The SMILES string of the molecule is CCCOc1cc(NCC(C)N(C)C2CC2)c(N)cc1F. The first-order valence-electron chi connectivity index (χ1n) is 7.70. The highest BCUT2D eigenvalue weighted by atomic mass is 19.1. The summed E-state index contributed by atoms with van der Waals surface area (Å²) < 4.78 is 19.2. The van der Waals surface area contributed by atoms with Crippen molar-refractivity contribution in [1.82, 2.24) is 4.90 Å². The smallest absolute Gasteiger partial charge is 0.167 e. The highest BCUT2D eigenvalue weighted by Crippen LogP contribution is 2.30. The highest BCUT2D eigenvalue weighted by Gasteiger charge is 2.28. The number of ether oxygens (including phenoxy) is 1. The molecule has 21 heavy (non-hydrogen) atoms. The van der Waals surface area contributed by atoms with Gasteiger partial charge in [0.15, 0.2) is 11.6 Å². The van der Waals surface area contributed by atoms with Crippen molar-refractivity contribution in [3.05, 3.63) is 17.9 Å². The molecule has 0 heterocycles.